The second-order valence-corrected chi connectivity index (χ2v) is 6.76. The second-order valence-electron chi connectivity index (χ2n) is 4.22. The Bertz CT molecular complexity index is 779. The van der Waals surface area contributed by atoms with E-state index in [9.17, 15) is 13.2 Å². The molecule has 2 aromatic rings. The van der Waals surface area contributed by atoms with Crippen molar-refractivity contribution in [2.45, 2.75) is 4.90 Å². The van der Waals surface area contributed by atoms with Gasteiger partial charge in [0.1, 0.15) is 5.75 Å². The third-order valence-electron chi connectivity index (χ3n) is 2.77. The summed E-state index contributed by atoms with van der Waals surface area (Å²) < 4.78 is 29.6. The highest BCUT2D eigenvalue weighted by Crippen LogP contribution is 2.25. The molecule has 0 heterocycles. The van der Waals surface area contributed by atoms with Crippen molar-refractivity contribution in [3.05, 3.63) is 58.6 Å². The van der Waals surface area contributed by atoms with Gasteiger partial charge in [0, 0.05) is 5.56 Å². The van der Waals surface area contributed by atoms with Crippen LogP contribution in [0.1, 0.15) is 10.4 Å². The van der Waals surface area contributed by atoms with E-state index in [0.29, 0.717) is 10.2 Å². The lowest BCUT2D eigenvalue weighted by molar-refractivity contribution is 0.0945. The summed E-state index contributed by atoms with van der Waals surface area (Å²) in [6.45, 7) is 0. The van der Waals surface area contributed by atoms with Crippen LogP contribution in [-0.4, -0.2) is 21.4 Å². The third-order valence-corrected chi connectivity index (χ3v) is 4.65. The molecule has 0 unspecified atom stereocenters. The summed E-state index contributed by atoms with van der Waals surface area (Å²) in [5.74, 6) is -0.00993. The smallest absolute Gasteiger partial charge is 0.266 e. The maximum atomic E-state index is 12.0. The van der Waals surface area contributed by atoms with Gasteiger partial charge in [-0.15, -0.1) is 4.83 Å². The zero-order valence-corrected chi connectivity index (χ0v) is 13.9. The summed E-state index contributed by atoms with van der Waals surface area (Å²) in [6, 6.07) is 12.4. The van der Waals surface area contributed by atoms with Gasteiger partial charge in [0.15, 0.2) is 0 Å². The Morgan fingerprint density at radius 2 is 1.82 bits per heavy atom. The predicted octanol–water partition coefficient (Wildman–Crippen LogP) is 2.08. The van der Waals surface area contributed by atoms with E-state index < -0.39 is 15.9 Å². The van der Waals surface area contributed by atoms with E-state index in [0.717, 1.165) is 0 Å². The molecule has 2 rings (SSSR count). The molecule has 0 atom stereocenters. The summed E-state index contributed by atoms with van der Waals surface area (Å²) in [5, 5.41) is 0. The molecule has 6 nitrogen and oxygen atoms in total. The van der Waals surface area contributed by atoms with Crippen molar-refractivity contribution in [1.29, 1.82) is 0 Å². The highest BCUT2D eigenvalue weighted by atomic mass is 79.9. The molecule has 0 spiro atoms. The largest absolute Gasteiger partial charge is 0.496 e. The fraction of sp³-hybridized carbons (Fsp3) is 0.0714. The molecular weight excluding hydrogens is 372 g/mol. The van der Waals surface area contributed by atoms with E-state index >= 15 is 0 Å². The summed E-state index contributed by atoms with van der Waals surface area (Å²) in [6.07, 6.45) is 0. The van der Waals surface area contributed by atoms with Crippen LogP contribution in [0.5, 0.6) is 5.75 Å². The molecule has 0 aliphatic rings. The van der Waals surface area contributed by atoms with Crippen LogP contribution in [0.15, 0.2) is 57.9 Å². The number of ether oxygens (including phenoxy) is 1. The lowest BCUT2D eigenvalue weighted by atomic mass is 10.2. The number of hydrogen-bond acceptors (Lipinski definition) is 4. The molecule has 0 bridgehead atoms. The molecule has 2 N–H and O–H groups in total. The molecular formula is C14H13BrN2O4S. The van der Waals surface area contributed by atoms with E-state index in [1.165, 1.54) is 31.4 Å². The van der Waals surface area contributed by atoms with Crippen LogP contribution in [-0.2, 0) is 10.0 Å². The Labute approximate surface area is 136 Å². The molecule has 0 radical (unpaired) electrons. The van der Waals surface area contributed by atoms with Gasteiger partial charge in [-0.05, 0) is 46.3 Å². The molecule has 2 aromatic carbocycles. The summed E-state index contributed by atoms with van der Waals surface area (Å²) >= 11 is 3.26. The number of amides is 1. The van der Waals surface area contributed by atoms with Crippen LogP contribution in [0.25, 0.3) is 0 Å². The Morgan fingerprint density at radius 3 is 2.41 bits per heavy atom. The number of sulfonamides is 1. The molecule has 1 amide bonds. The molecule has 0 saturated heterocycles. The SMILES string of the molecule is COc1ccc(C(=O)NNS(=O)(=O)c2ccccc2)cc1Br. The Morgan fingerprint density at radius 1 is 1.14 bits per heavy atom. The minimum atomic E-state index is -3.80. The predicted molar refractivity (Wildman–Crippen MR) is 84.9 cm³/mol. The zero-order valence-electron chi connectivity index (χ0n) is 11.5. The van der Waals surface area contributed by atoms with Gasteiger partial charge in [-0.2, -0.15) is 0 Å². The highest BCUT2D eigenvalue weighted by molar-refractivity contribution is 9.10. The average Bonchev–Trinajstić information content (AvgIpc) is 2.53. The van der Waals surface area contributed by atoms with E-state index in [1.54, 1.807) is 24.3 Å². The van der Waals surface area contributed by atoms with Crippen LogP contribution in [0, 0.1) is 0 Å². The van der Waals surface area contributed by atoms with Crippen molar-refractivity contribution in [1.82, 2.24) is 10.3 Å². The third kappa shape index (κ3) is 3.85. The summed E-state index contributed by atoms with van der Waals surface area (Å²) in [4.78, 5) is 14.1. The number of carbonyl (C=O) groups excluding carboxylic acids is 1. The fourth-order valence-electron chi connectivity index (χ4n) is 1.65. The molecule has 22 heavy (non-hydrogen) atoms. The monoisotopic (exact) mass is 384 g/mol. The zero-order chi connectivity index (χ0) is 16.2. The first kappa shape index (κ1) is 16.5. The Balaban J connectivity index is 2.08. The first-order chi connectivity index (χ1) is 10.4. The number of rotatable bonds is 5. The topological polar surface area (TPSA) is 84.5 Å². The number of methoxy groups -OCH3 is 1. The van der Waals surface area contributed by atoms with E-state index in [2.05, 4.69) is 21.4 Å². The maximum absolute atomic E-state index is 12.0. The van der Waals surface area contributed by atoms with Crippen molar-refractivity contribution in [2.75, 3.05) is 7.11 Å². The molecule has 116 valence electrons. The maximum Gasteiger partial charge on any atom is 0.266 e. The van der Waals surface area contributed by atoms with Crippen molar-refractivity contribution in [2.24, 2.45) is 0 Å². The van der Waals surface area contributed by atoms with E-state index in [4.69, 9.17) is 4.74 Å². The number of hydrazine groups is 1. The average molecular weight is 385 g/mol. The standard InChI is InChI=1S/C14H13BrN2O4S/c1-21-13-8-7-10(9-12(13)15)14(18)16-17-22(19,20)11-5-3-2-4-6-11/h2-9,17H,1H3,(H,16,18). The minimum absolute atomic E-state index is 0.0613. The van der Waals surface area contributed by atoms with Gasteiger partial charge in [0.2, 0.25) is 0 Å². The highest BCUT2D eigenvalue weighted by Gasteiger charge is 2.15. The van der Waals surface area contributed by atoms with Crippen LogP contribution >= 0.6 is 15.9 Å². The second kappa shape index (κ2) is 6.91. The van der Waals surface area contributed by atoms with Gasteiger partial charge < -0.3 is 4.74 Å². The molecule has 0 fully saturated rings. The normalized spacial score (nSPS) is 11.0. The van der Waals surface area contributed by atoms with E-state index in [1.807, 2.05) is 4.83 Å². The first-order valence-corrected chi connectivity index (χ1v) is 8.42. The van der Waals surface area contributed by atoms with Gasteiger partial charge in [0.05, 0.1) is 16.5 Å². The van der Waals surface area contributed by atoms with Crippen molar-refractivity contribution < 1.29 is 17.9 Å². The molecule has 0 aliphatic heterocycles. The van der Waals surface area contributed by atoms with Crippen LogP contribution in [0.4, 0.5) is 0 Å². The van der Waals surface area contributed by atoms with Gasteiger partial charge in [-0.25, -0.2) is 8.42 Å². The molecule has 0 aliphatic carbocycles. The first-order valence-electron chi connectivity index (χ1n) is 6.15. The Hall–Kier alpha value is -1.90. The summed E-state index contributed by atoms with van der Waals surface area (Å²) in [5.41, 5.74) is 2.44. The number of carbonyl (C=O) groups is 1. The Kier molecular flexibility index (Phi) is 5.17. The quantitative estimate of drug-likeness (QED) is 0.772. The van der Waals surface area contributed by atoms with Gasteiger partial charge in [0.25, 0.3) is 15.9 Å². The molecule has 8 heteroatoms. The van der Waals surface area contributed by atoms with Gasteiger partial charge in [-0.3, -0.25) is 10.2 Å². The van der Waals surface area contributed by atoms with E-state index in [-0.39, 0.29) is 10.5 Å². The van der Waals surface area contributed by atoms with Crippen molar-refractivity contribution in [3.63, 3.8) is 0 Å². The molecule has 0 saturated carbocycles. The summed E-state index contributed by atoms with van der Waals surface area (Å²) in [7, 11) is -2.30. The minimum Gasteiger partial charge on any atom is -0.496 e. The number of hydrogen-bond donors (Lipinski definition) is 2. The van der Waals surface area contributed by atoms with Crippen LogP contribution in [0.3, 0.4) is 0 Å². The van der Waals surface area contributed by atoms with Crippen LogP contribution < -0.4 is 15.0 Å². The van der Waals surface area contributed by atoms with Crippen molar-refractivity contribution >= 4 is 31.9 Å². The van der Waals surface area contributed by atoms with Gasteiger partial charge in [-0.1, -0.05) is 18.2 Å². The molecule has 0 aromatic heterocycles. The number of halogens is 1. The van der Waals surface area contributed by atoms with Gasteiger partial charge >= 0.3 is 0 Å². The fourth-order valence-corrected chi connectivity index (χ4v) is 3.05. The lowest BCUT2D eigenvalue weighted by Gasteiger charge is -2.09. The number of benzene rings is 2. The van der Waals surface area contributed by atoms with Crippen molar-refractivity contribution in [3.8, 4) is 5.75 Å². The van der Waals surface area contributed by atoms with Crippen LogP contribution in [0.2, 0.25) is 0 Å². The lowest BCUT2D eigenvalue weighted by Crippen LogP contribution is -2.41. The number of nitrogens with one attached hydrogen (secondary N) is 2.